The van der Waals surface area contributed by atoms with Crippen LogP contribution in [-0.4, -0.2) is 31.3 Å². The molecule has 0 aliphatic carbocycles. The van der Waals surface area contributed by atoms with Gasteiger partial charge in [0.25, 0.3) is 0 Å². The molecule has 0 aliphatic rings. The summed E-state index contributed by atoms with van der Waals surface area (Å²) >= 11 is 0. The Kier molecular flexibility index (Phi) is 7.66. The molecule has 0 rings (SSSR count). The van der Waals surface area contributed by atoms with Gasteiger partial charge in [0.05, 0.1) is 0 Å². The molecule has 1 N–H and O–H groups in total. The first kappa shape index (κ1) is 19.3. The van der Waals surface area contributed by atoms with Crippen molar-refractivity contribution in [3.63, 3.8) is 0 Å². The van der Waals surface area contributed by atoms with E-state index in [2.05, 4.69) is 6.92 Å². The van der Waals surface area contributed by atoms with Crippen LogP contribution in [0.3, 0.4) is 0 Å². The molecule has 0 aliphatic heterocycles. The van der Waals surface area contributed by atoms with Gasteiger partial charge in [-0.3, -0.25) is 4.79 Å². The number of ketones is 1. The van der Waals surface area contributed by atoms with E-state index in [9.17, 15) is 14.7 Å². The van der Waals surface area contributed by atoms with Crippen LogP contribution in [0.1, 0.15) is 53.4 Å². The number of aliphatic carboxylic acids is 1. The van der Waals surface area contributed by atoms with E-state index < -0.39 is 25.8 Å². The molecule has 1 atom stereocenters. The Balaban J connectivity index is 4.83. The molecular weight excluding hydrogens is 272 g/mol. The second-order valence-corrected chi connectivity index (χ2v) is 10.9. The first-order chi connectivity index (χ1) is 9.05. The van der Waals surface area contributed by atoms with E-state index in [-0.39, 0.29) is 12.2 Å². The number of carbonyl (C=O) groups is 2. The maximum atomic E-state index is 11.9. The topological polar surface area (TPSA) is 63.6 Å². The smallest absolute Gasteiger partial charge is 0.331 e. The molecule has 0 bridgehead atoms. The third-order valence-electron chi connectivity index (χ3n) is 3.64. The summed E-state index contributed by atoms with van der Waals surface area (Å²) in [5.41, 5.74) is -0.646. The first-order valence-electron chi connectivity index (χ1n) is 7.49. The summed E-state index contributed by atoms with van der Waals surface area (Å²) < 4.78 is 5.92. The summed E-state index contributed by atoms with van der Waals surface area (Å²) in [7, 11) is -1.99. The molecule has 0 fully saturated rings. The molecular formula is C15H30O4Si. The van der Waals surface area contributed by atoms with Gasteiger partial charge >= 0.3 is 5.97 Å². The lowest BCUT2D eigenvalue weighted by atomic mass is 9.81. The fraction of sp³-hybridized carbons (Fsp3) is 0.867. The van der Waals surface area contributed by atoms with Crippen molar-refractivity contribution >= 4 is 20.1 Å². The number of Topliss-reactive ketones (excluding diaryl/α,β-unsaturated/α-hetero) is 1. The van der Waals surface area contributed by atoms with Crippen LogP contribution in [0, 0.1) is 5.41 Å². The maximum absolute atomic E-state index is 11.9. The van der Waals surface area contributed by atoms with Crippen LogP contribution >= 0.6 is 0 Å². The molecule has 0 saturated carbocycles. The van der Waals surface area contributed by atoms with Crippen molar-refractivity contribution in [1.29, 1.82) is 0 Å². The summed E-state index contributed by atoms with van der Waals surface area (Å²) in [6.07, 6.45) is 1.94. The van der Waals surface area contributed by atoms with Crippen molar-refractivity contribution < 1.29 is 19.1 Å². The lowest BCUT2D eigenvalue weighted by Gasteiger charge is -2.32. The Morgan fingerprint density at radius 3 is 2.20 bits per heavy atom. The number of carboxylic acid groups (broad SMARTS) is 1. The quantitative estimate of drug-likeness (QED) is 0.622. The summed E-state index contributed by atoms with van der Waals surface area (Å²) in [5, 5.41) is 9.37. The van der Waals surface area contributed by atoms with Crippen LogP contribution in [0.5, 0.6) is 0 Å². The third-order valence-corrected chi connectivity index (χ3v) is 6.12. The number of carboxylic acids is 1. The van der Waals surface area contributed by atoms with Gasteiger partial charge in [-0.1, -0.05) is 40.5 Å². The fourth-order valence-corrected chi connectivity index (χ4v) is 4.56. The molecule has 0 radical (unpaired) electrons. The van der Waals surface area contributed by atoms with Crippen molar-refractivity contribution in [2.24, 2.45) is 5.41 Å². The van der Waals surface area contributed by atoms with Crippen molar-refractivity contribution in [2.75, 3.05) is 0 Å². The van der Waals surface area contributed by atoms with E-state index in [0.29, 0.717) is 6.42 Å². The van der Waals surface area contributed by atoms with Crippen molar-refractivity contribution in [2.45, 2.75) is 78.6 Å². The Morgan fingerprint density at radius 1 is 1.25 bits per heavy atom. The monoisotopic (exact) mass is 302 g/mol. The van der Waals surface area contributed by atoms with Crippen molar-refractivity contribution in [1.82, 2.24) is 0 Å². The van der Waals surface area contributed by atoms with E-state index in [1.165, 1.54) is 0 Å². The molecule has 118 valence electrons. The van der Waals surface area contributed by atoms with E-state index in [0.717, 1.165) is 18.9 Å². The van der Waals surface area contributed by atoms with Gasteiger partial charge in [0.1, 0.15) is 11.9 Å². The SMILES string of the molecule is CCCC[Si](C)(C)OC(CC(C)(C)C(=O)CC)C(=O)O. The van der Waals surface area contributed by atoms with E-state index in [1.54, 1.807) is 20.8 Å². The summed E-state index contributed by atoms with van der Waals surface area (Å²) in [6, 6.07) is 0.954. The molecule has 0 saturated heterocycles. The zero-order valence-corrected chi connectivity index (χ0v) is 14.8. The van der Waals surface area contributed by atoms with Crippen molar-refractivity contribution in [3.8, 4) is 0 Å². The zero-order valence-electron chi connectivity index (χ0n) is 13.8. The van der Waals surface area contributed by atoms with Gasteiger partial charge in [0, 0.05) is 11.8 Å². The summed E-state index contributed by atoms with van der Waals surface area (Å²) in [6.45, 7) is 11.6. The average Bonchev–Trinajstić information content (AvgIpc) is 2.33. The highest BCUT2D eigenvalue weighted by atomic mass is 28.4. The molecule has 20 heavy (non-hydrogen) atoms. The highest BCUT2D eigenvalue weighted by Crippen LogP contribution is 2.29. The second kappa shape index (κ2) is 7.93. The Labute approximate surface area is 124 Å². The lowest BCUT2D eigenvalue weighted by Crippen LogP contribution is -2.42. The largest absolute Gasteiger partial charge is 0.479 e. The Hall–Kier alpha value is -0.683. The molecule has 5 heteroatoms. The summed E-state index contributed by atoms with van der Waals surface area (Å²) in [5.74, 6) is -0.876. The molecule has 0 amide bonds. The standard InChI is InChI=1S/C15H30O4Si/c1-7-9-10-20(5,6)19-12(14(17)18)11-15(3,4)13(16)8-2/h12H,7-11H2,1-6H3,(H,17,18). The molecule has 0 heterocycles. The molecule has 0 aromatic heterocycles. The third kappa shape index (κ3) is 6.66. The highest BCUT2D eigenvalue weighted by molar-refractivity contribution is 6.71. The zero-order chi connectivity index (χ0) is 16.0. The van der Waals surface area contributed by atoms with Crippen LogP contribution in [0.25, 0.3) is 0 Å². The molecule has 0 aromatic rings. The van der Waals surface area contributed by atoms with Gasteiger partial charge in [0.2, 0.25) is 0 Å². The Morgan fingerprint density at radius 2 is 1.80 bits per heavy atom. The van der Waals surface area contributed by atoms with Gasteiger partial charge in [-0.05, 0) is 25.6 Å². The summed E-state index contributed by atoms with van der Waals surface area (Å²) in [4.78, 5) is 23.3. The minimum absolute atomic E-state index is 0.0837. The molecule has 4 nitrogen and oxygen atoms in total. The maximum Gasteiger partial charge on any atom is 0.331 e. The van der Waals surface area contributed by atoms with Crippen LogP contribution in [-0.2, 0) is 14.0 Å². The van der Waals surface area contributed by atoms with Crippen LogP contribution in [0.15, 0.2) is 0 Å². The van der Waals surface area contributed by atoms with Crippen molar-refractivity contribution in [3.05, 3.63) is 0 Å². The number of rotatable bonds is 10. The minimum Gasteiger partial charge on any atom is -0.479 e. The average molecular weight is 302 g/mol. The van der Waals surface area contributed by atoms with Crippen LogP contribution in [0.4, 0.5) is 0 Å². The fourth-order valence-electron chi connectivity index (χ4n) is 2.28. The second-order valence-electron chi connectivity index (χ2n) is 6.67. The van der Waals surface area contributed by atoms with Gasteiger partial charge in [-0.25, -0.2) is 4.79 Å². The molecule has 1 unspecified atom stereocenters. The van der Waals surface area contributed by atoms with Gasteiger partial charge in [-0.15, -0.1) is 0 Å². The van der Waals surface area contributed by atoms with Crippen LogP contribution < -0.4 is 0 Å². The number of hydrogen-bond acceptors (Lipinski definition) is 3. The van der Waals surface area contributed by atoms with E-state index >= 15 is 0 Å². The minimum atomic E-state index is -1.99. The first-order valence-corrected chi connectivity index (χ1v) is 10.6. The number of carbonyl (C=O) groups excluding carboxylic acids is 1. The predicted octanol–water partition coefficient (Wildman–Crippen LogP) is 3.86. The van der Waals surface area contributed by atoms with E-state index in [4.69, 9.17) is 4.43 Å². The van der Waals surface area contributed by atoms with E-state index in [1.807, 2.05) is 13.1 Å². The lowest BCUT2D eigenvalue weighted by molar-refractivity contribution is -0.148. The number of unbranched alkanes of at least 4 members (excludes halogenated alkanes) is 1. The number of hydrogen-bond donors (Lipinski definition) is 1. The highest BCUT2D eigenvalue weighted by Gasteiger charge is 2.36. The normalized spacial score (nSPS) is 14.1. The van der Waals surface area contributed by atoms with Crippen LogP contribution in [0.2, 0.25) is 19.1 Å². The molecule has 0 spiro atoms. The van der Waals surface area contributed by atoms with Gasteiger partial charge < -0.3 is 9.53 Å². The van der Waals surface area contributed by atoms with Gasteiger partial charge in [0.15, 0.2) is 8.32 Å². The predicted molar refractivity (Wildman–Crippen MR) is 83.4 cm³/mol. The van der Waals surface area contributed by atoms with Gasteiger partial charge in [-0.2, -0.15) is 0 Å². The molecule has 0 aromatic carbocycles. The Bertz CT molecular complexity index is 337.